The zero-order valence-electron chi connectivity index (χ0n) is 12.5. The maximum atomic E-state index is 12.2. The lowest BCUT2D eigenvalue weighted by Gasteiger charge is -2.06. The molecular formula is C17H11NO6. The summed E-state index contributed by atoms with van der Waals surface area (Å²) in [5.41, 5.74) is 0.583. The van der Waals surface area contributed by atoms with Gasteiger partial charge in [-0.1, -0.05) is 0 Å². The lowest BCUT2D eigenvalue weighted by Crippen LogP contribution is -2.24. The molecule has 1 heterocycles. The van der Waals surface area contributed by atoms with Gasteiger partial charge in [0, 0.05) is 7.05 Å². The quantitative estimate of drug-likeness (QED) is 0.368. The number of hydrogen-bond donors (Lipinski definition) is 0. The van der Waals surface area contributed by atoms with Crippen LogP contribution in [0.2, 0.25) is 0 Å². The Balaban J connectivity index is 1.80. The van der Waals surface area contributed by atoms with Crippen LogP contribution in [0.5, 0.6) is 11.5 Å². The van der Waals surface area contributed by atoms with E-state index >= 15 is 0 Å². The van der Waals surface area contributed by atoms with Gasteiger partial charge in [-0.05, 0) is 42.5 Å². The molecule has 24 heavy (non-hydrogen) atoms. The van der Waals surface area contributed by atoms with Crippen LogP contribution >= 0.6 is 0 Å². The van der Waals surface area contributed by atoms with Crippen LogP contribution in [0.25, 0.3) is 0 Å². The molecule has 0 saturated heterocycles. The molecule has 0 bridgehead atoms. The van der Waals surface area contributed by atoms with Crippen molar-refractivity contribution in [2.75, 3.05) is 7.05 Å². The van der Waals surface area contributed by atoms with Crippen LogP contribution in [0.4, 0.5) is 0 Å². The van der Waals surface area contributed by atoms with Gasteiger partial charge in [0.05, 0.1) is 16.7 Å². The van der Waals surface area contributed by atoms with Crippen molar-refractivity contribution in [3.63, 3.8) is 0 Å². The van der Waals surface area contributed by atoms with E-state index in [0.29, 0.717) is 12.2 Å². The van der Waals surface area contributed by atoms with E-state index in [-0.39, 0.29) is 22.4 Å². The number of carbonyl (C=O) groups is 4. The Hall–Kier alpha value is -3.48. The summed E-state index contributed by atoms with van der Waals surface area (Å²) in [5.74, 6) is -0.967. The van der Waals surface area contributed by atoms with E-state index in [4.69, 9.17) is 4.74 Å². The first-order valence-electron chi connectivity index (χ1n) is 6.90. The average molecular weight is 325 g/mol. The van der Waals surface area contributed by atoms with Gasteiger partial charge in [-0.2, -0.15) is 0 Å². The number of rotatable bonds is 4. The van der Waals surface area contributed by atoms with Gasteiger partial charge >= 0.3 is 5.97 Å². The molecule has 0 atom stereocenters. The number of fused-ring (bicyclic) bond motifs is 1. The van der Waals surface area contributed by atoms with Gasteiger partial charge in [-0.15, -0.1) is 0 Å². The van der Waals surface area contributed by atoms with Crippen LogP contribution in [-0.4, -0.2) is 36.2 Å². The minimum absolute atomic E-state index is 0.151. The molecule has 0 aromatic heterocycles. The zero-order valence-corrected chi connectivity index (χ0v) is 12.5. The Morgan fingerprint density at radius 2 is 1.58 bits per heavy atom. The van der Waals surface area contributed by atoms with Crippen LogP contribution in [0.15, 0.2) is 42.5 Å². The van der Waals surface area contributed by atoms with Crippen molar-refractivity contribution in [2.24, 2.45) is 0 Å². The molecule has 0 fully saturated rings. The second-order valence-electron chi connectivity index (χ2n) is 5.00. The molecule has 0 unspecified atom stereocenters. The fraction of sp³-hybridized carbons (Fsp3) is 0.0588. The molecule has 7 nitrogen and oxygen atoms in total. The fourth-order valence-corrected chi connectivity index (χ4v) is 2.30. The van der Waals surface area contributed by atoms with Crippen LogP contribution < -0.4 is 9.47 Å². The van der Waals surface area contributed by atoms with Gasteiger partial charge in [-0.25, -0.2) is 4.79 Å². The molecule has 0 saturated carbocycles. The molecule has 0 spiro atoms. The van der Waals surface area contributed by atoms with Gasteiger partial charge in [-0.3, -0.25) is 19.3 Å². The van der Waals surface area contributed by atoms with Crippen molar-refractivity contribution in [2.45, 2.75) is 0 Å². The predicted molar refractivity (Wildman–Crippen MR) is 81.0 cm³/mol. The molecule has 0 N–H and O–H groups in total. The molecule has 1 aliphatic rings. The molecular weight excluding hydrogens is 314 g/mol. The third-order valence-corrected chi connectivity index (χ3v) is 3.54. The summed E-state index contributed by atoms with van der Waals surface area (Å²) in [6.07, 6.45) is 0. The van der Waals surface area contributed by atoms with E-state index < -0.39 is 17.8 Å². The van der Waals surface area contributed by atoms with Gasteiger partial charge in [0.2, 0.25) is 0 Å². The second kappa shape index (κ2) is 5.96. The standard InChI is InChI=1S/C17H11NO6/c1-18-15(20)13-7-2-10(8-14(13)16(18)21)17(22)24-12-5-3-11(4-6-12)23-9-19/h2-9H,1H3. The van der Waals surface area contributed by atoms with E-state index in [2.05, 4.69) is 4.74 Å². The summed E-state index contributed by atoms with van der Waals surface area (Å²) in [4.78, 5) is 47.2. The third kappa shape index (κ3) is 2.63. The number of esters is 1. The van der Waals surface area contributed by atoms with Gasteiger partial charge in [0.15, 0.2) is 0 Å². The highest BCUT2D eigenvalue weighted by Gasteiger charge is 2.33. The summed E-state index contributed by atoms with van der Waals surface area (Å²) in [7, 11) is 1.38. The van der Waals surface area contributed by atoms with Crippen LogP contribution in [0, 0.1) is 0 Å². The number of ether oxygens (including phenoxy) is 2. The Labute approximate surface area is 136 Å². The largest absolute Gasteiger partial charge is 0.429 e. The van der Waals surface area contributed by atoms with Gasteiger partial charge < -0.3 is 9.47 Å². The lowest BCUT2D eigenvalue weighted by atomic mass is 10.1. The maximum Gasteiger partial charge on any atom is 0.343 e. The molecule has 7 heteroatoms. The highest BCUT2D eigenvalue weighted by molar-refractivity contribution is 6.21. The fourth-order valence-electron chi connectivity index (χ4n) is 2.30. The summed E-state index contributed by atoms with van der Waals surface area (Å²) in [6, 6.07) is 10.1. The topological polar surface area (TPSA) is 90.0 Å². The second-order valence-corrected chi connectivity index (χ2v) is 5.00. The van der Waals surface area contributed by atoms with E-state index in [1.807, 2.05) is 0 Å². The monoisotopic (exact) mass is 325 g/mol. The normalized spacial score (nSPS) is 12.8. The van der Waals surface area contributed by atoms with Crippen molar-refractivity contribution in [1.29, 1.82) is 0 Å². The molecule has 0 aliphatic carbocycles. The van der Waals surface area contributed by atoms with Crippen molar-refractivity contribution in [1.82, 2.24) is 4.90 Å². The minimum atomic E-state index is -0.670. The molecule has 2 aromatic carbocycles. The number of hydrogen-bond acceptors (Lipinski definition) is 6. The van der Waals surface area contributed by atoms with Crippen LogP contribution in [-0.2, 0) is 4.79 Å². The Morgan fingerprint density at radius 3 is 2.25 bits per heavy atom. The highest BCUT2D eigenvalue weighted by Crippen LogP contribution is 2.24. The zero-order chi connectivity index (χ0) is 17.3. The average Bonchev–Trinajstić information content (AvgIpc) is 2.81. The summed E-state index contributed by atoms with van der Waals surface area (Å²) < 4.78 is 9.83. The summed E-state index contributed by atoms with van der Waals surface area (Å²) in [6.45, 7) is 0.293. The van der Waals surface area contributed by atoms with E-state index in [0.717, 1.165) is 4.90 Å². The molecule has 2 aromatic rings. The molecule has 120 valence electrons. The molecule has 1 aliphatic heterocycles. The van der Waals surface area contributed by atoms with Crippen molar-refractivity contribution >= 4 is 24.3 Å². The Morgan fingerprint density at radius 1 is 0.958 bits per heavy atom. The van der Waals surface area contributed by atoms with Gasteiger partial charge in [0.1, 0.15) is 11.5 Å². The first-order chi connectivity index (χ1) is 11.5. The number of benzene rings is 2. The van der Waals surface area contributed by atoms with Crippen molar-refractivity contribution in [3.8, 4) is 11.5 Å². The van der Waals surface area contributed by atoms with E-state index in [1.54, 1.807) is 0 Å². The van der Waals surface area contributed by atoms with E-state index in [9.17, 15) is 19.2 Å². The van der Waals surface area contributed by atoms with Crippen molar-refractivity contribution in [3.05, 3.63) is 59.2 Å². The van der Waals surface area contributed by atoms with E-state index in [1.165, 1.54) is 49.5 Å². The first-order valence-corrected chi connectivity index (χ1v) is 6.90. The minimum Gasteiger partial charge on any atom is -0.429 e. The first kappa shape index (κ1) is 15.4. The summed E-state index contributed by atoms with van der Waals surface area (Å²) in [5, 5.41) is 0. The van der Waals surface area contributed by atoms with Crippen LogP contribution in [0.1, 0.15) is 31.1 Å². The number of nitrogens with zero attached hydrogens (tertiary/aromatic N) is 1. The predicted octanol–water partition coefficient (Wildman–Crippen LogP) is 1.67. The SMILES string of the molecule is CN1C(=O)c2ccc(C(=O)Oc3ccc(OC=O)cc3)cc2C1=O. The molecule has 2 amide bonds. The Kier molecular flexibility index (Phi) is 3.83. The smallest absolute Gasteiger partial charge is 0.343 e. The number of carbonyl (C=O) groups excluding carboxylic acids is 4. The number of amides is 2. The van der Waals surface area contributed by atoms with Gasteiger partial charge in [0.25, 0.3) is 18.3 Å². The lowest BCUT2D eigenvalue weighted by molar-refractivity contribution is -0.120. The molecule has 0 radical (unpaired) electrons. The number of imide groups is 1. The highest BCUT2D eigenvalue weighted by atomic mass is 16.5. The molecule has 3 rings (SSSR count). The van der Waals surface area contributed by atoms with Crippen molar-refractivity contribution < 1.29 is 28.7 Å². The van der Waals surface area contributed by atoms with Crippen LogP contribution in [0.3, 0.4) is 0 Å². The Bertz CT molecular complexity index is 856. The summed E-state index contributed by atoms with van der Waals surface area (Å²) >= 11 is 0. The maximum absolute atomic E-state index is 12.2. The third-order valence-electron chi connectivity index (χ3n) is 3.54.